The number of carbonyl (C=O) groups is 2. The lowest BCUT2D eigenvalue weighted by Crippen LogP contribution is -2.34. The number of hydrogen-bond acceptors (Lipinski definition) is 7. The summed E-state index contributed by atoms with van der Waals surface area (Å²) in [6.45, 7) is 5.94. The summed E-state index contributed by atoms with van der Waals surface area (Å²) >= 11 is 1.26. The maximum Gasteiger partial charge on any atom is 0.437 e. The molecule has 0 saturated heterocycles. The molecule has 3 rings (SSSR count). The van der Waals surface area contributed by atoms with Crippen LogP contribution < -0.4 is 4.90 Å². The van der Waals surface area contributed by atoms with Gasteiger partial charge in [0.05, 0.1) is 11.1 Å². The van der Waals surface area contributed by atoms with E-state index in [1.165, 1.54) is 23.9 Å². The topological polar surface area (TPSA) is 85.0 Å². The first-order valence-electron chi connectivity index (χ1n) is 8.58. The van der Waals surface area contributed by atoms with Crippen LogP contribution in [0.5, 0.6) is 0 Å². The minimum absolute atomic E-state index is 0.170. The summed E-state index contributed by atoms with van der Waals surface area (Å²) in [4.78, 5) is 30.3. The fourth-order valence-electron chi connectivity index (χ4n) is 3.00. The molecule has 0 aliphatic carbocycles. The third-order valence-electron chi connectivity index (χ3n) is 4.18. The van der Waals surface area contributed by atoms with E-state index in [1.54, 1.807) is 0 Å². The molecule has 0 N–H and O–H groups in total. The van der Waals surface area contributed by atoms with Crippen LogP contribution in [0, 0.1) is 0 Å². The van der Waals surface area contributed by atoms with Crippen LogP contribution in [0.2, 0.25) is 0 Å². The van der Waals surface area contributed by atoms with Gasteiger partial charge in [-0.05, 0) is 25.5 Å². The zero-order chi connectivity index (χ0) is 21.6. The zero-order valence-corrected chi connectivity index (χ0v) is 16.9. The van der Waals surface area contributed by atoms with E-state index in [0.29, 0.717) is 21.9 Å². The first kappa shape index (κ1) is 21.2. The molecule has 0 spiro atoms. The molecule has 1 aliphatic heterocycles. The molecular formula is C18H18F3N3O4S. The maximum absolute atomic E-state index is 13.5. The number of thioether (sulfide) groups is 1. The van der Waals surface area contributed by atoms with Gasteiger partial charge < -0.3 is 9.36 Å². The molecule has 1 aliphatic rings. The fraction of sp³-hybridized carbons (Fsp3) is 0.444. The highest BCUT2D eigenvalue weighted by atomic mass is 32.2. The summed E-state index contributed by atoms with van der Waals surface area (Å²) in [5.74, 6) is -1.26. The number of anilines is 1. The number of nitrogens with zero attached hydrogens (tertiary/aromatic N) is 3. The number of benzene rings is 1. The van der Waals surface area contributed by atoms with Crippen molar-refractivity contribution in [3.05, 3.63) is 23.4 Å². The van der Waals surface area contributed by atoms with Crippen LogP contribution in [0.1, 0.15) is 45.4 Å². The van der Waals surface area contributed by atoms with Crippen molar-refractivity contribution in [3.63, 3.8) is 0 Å². The third-order valence-corrected chi connectivity index (χ3v) is 5.19. The highest BCUT2D eigenvalue weighted by molar-refractivity contribution is 8.13. The van der Waals surface area contributed by atoms with E-state index in [2.05, 4.69) is 10.3 Å². The Morgan fingerprint density at radius 3 is 2.41 bits per heavy atom. The number of oxime groups is 1. The van der Waals surface area contributed by atoms with Crippen LogP contribution in [0.4, 0.5) is 18.9 Å². The largest absolute Gasteiger partial charge is 0.437 e. The van der Waals surface area contributed by atoms with E-state index in [4.69, 9.17) is 9.36 Å². The molecule has 2 amide bonds. The van der Waals surface area contributed by atoms with Gasteiger partial charge in [-0.25, -0.2) is 4.90 Å². The number of amides is 2. The normalized spacial score (nSPS) is 15.9. The molecule has 0 atom stereocenters. The van der Waals surface area contributed by atoms with E-state index in [0.717, 1.165) is 13.8 Å². The molecule has 29 heavy (non-hydrogen) atoms. The van der Waals surface area contributed by atoms with Crippen molar-refractivity contribution in [2.45, 2.75) is 51.6 Å². The Kier molecular flexibility index (Phi) is 5.37. The summed E-state index contributed by atoms with van der Waals surface area (Å²) in [5, 5.41) is 7.35. The minimum Gasteiger partial charge on any atom is -0.389 e. The van der Waals surface area contributed by atoms with E-state index < -0.39 is 34.7 Å². The van der Waals surface area contributed by atoms with Gasteiger partial charge in [-0.1, -0.05) is 16.4 Å². The molecule has 0 radical (unpaired) electrons. The number of hydrogen-bond donors (Lipinski definition) is 0. The summed E-state index contributed by atoms with van der Waals surface area (Å²) in [5.41, 5.74) is -1.75. The molecule has 7 nitrogen and oxygen atoms in total. The van der Waals surface area contributed by atoms with Crippen LogP contribution in [0.15, 0.2) is 21.8 Å². The number of rotatable bonds is 3. The van der Waals surface area contributed by atoms with Gasteiger partial charge in [-0.15, -0.1) is 11.8 Å². The maximum atomic E-state index is 13.5. The van der Waals surface area contributed by atoms with Crippen molar-refractivity contribution in [2.75, 3.05) is 4.90 Å². The molecular weight excluding hydrogens is 411 g/mol. The van der Waals surface area contributed by atoms with Crippen molar-refractivity contribution in [3.8, 4) is 0 Å². The first-order chi connectivity index (χ1) is 13.4. The second-order valence-corrected chi connectivity index (χ2v) is 8.20. The van der Waals surface area contributed by atoms with Gasteiger partial charge in [0.2, 0.25) is 11.8 Å². The van der Waals surface area contributed by atoms with Crippen LogP contribution in [-0.4, -0.2) is 27.6 Å². The number of carbonyl (C=O) groups excluding carboxylic acids is 2. The van der Waals surface area contributed by atoms with Crippen LogP contribution >= 0.6 is 11.8 Å². The molecule has 2 heterocycles. The summed E-state index contributed by atoms with van der Waals surface area (Å²) in [6.07, 6.45) is -4.28. The lowest BCUT2D eigenvalue weighted by molar-refractivity contribution is -0.141. The van der Waals surface area contributed by atoms with Crippen molar-refractivity contribution in [1.82, 2.24) is 5.16 Å². The molecule has 11 heteroatoms. The number of aromatic nitrogens is 1. The molecule has 1 aromatic carbocycles. The number of imide groups is 1. The second-order valence-electron chi connectivity index (χ2n) is 7.15. The van der Waals surface area contributed by atoms with Crippen LogP contribution in [0.25, 0.3) is 11.0 Å². The van der Waals surface area contributed by atoms with Crippen LogP contribution in [0.3, 0.4) is 0 Å². The number of fused-ring (bicyclic) bond motifs is 1. The molecule has 0 saturated carbocycles. The lowest BCUT2D eigenvalue weighted by atomic mass is 10.1. The van der Waals surface area contributed by atoms with Gasteiger partial charge in [0, 0.05) is 26.0 Å². The fourth-order valence-corrected chi connectivity index (χ4v) is 4.10. The van der Waals surface area contributed by atoms with E-state index in [-0.39, 0.29) is 17.0 Å². The molecule has 0 unspecified atom stereocenters. The monoisotopic (exact) mass is 429 g/mol. The van der Waals surface area contributed by atoms with Crippen molar-refractivity contribution >= 4 is 45.3 Å². The third kappa shape index (κ3) is 4.24. The highest BCUT2D eigenvalue weighted by Crippen LogP contribution is 2.42. The molecule has 1 aromatic heterocycles. The first-order valence-corrected chi connectivity index (χ1v) is 9.57. The molecule has 2 aromatic rings. The highest BCUT2D eigenvalue weighted by Gasteiger charge is 2.40. The Morgan fingerprint density at radius 2 is 1.90 bits per heavy atom. The van der Waals surface area contributed by atoms with Gasteiger partial charge >= 0.3 is 6.18 Å². The smallest absolute Gasteiger partial charge is 0.389 e. The second kappa shape index (κ2) is 7.36. The van der Waals surface area contributed by atoms with Crippen LogP contribution in [-0.2, 0) is 26.4 Å². The summed E-state index contributed by atoms with van der Waals surface area (Å²) in [7, 11) is 0. The summed E-state index contributed by atoms with van der Waals surface area (Å²) in [6, 6.07) is 2.85. The van der Waals surface area contributed by atoms with Gasteiger partial charge in [0.15, 0.2) is 11.3 Å². The van der Waals surface area contributed by atoms with Crippen molar-refractivity contribution in [1.29, 1.82) is 0 Å². The van der Waals surface area contributed by atoms with E-state index >= 15 is 0 Å². The Labute approximate surface area is 168 Å². The summed E-state index contributed by atoms with van der Waals surface area (Å²) < 4.78 is 45.3. The number of halogens is 3. The minimum atomic E-state index is -4.82. The Balaban J connectivity index is 2.12. The van der Waals surface area contributed by atoms with Crippen molar-refractivity contribution in [2.24, 2.45) is 5.16 Å². The predicted molar refractivity (Wildman–Crippen MR) is 101 cm³/mol. The van der Waals surface area contributed by atoms with Gasteiger partial charge in [-0.3, -0.25) is 9.59 Å². The number of alkyl halides is 3. The molecule has 0 fully saturated rings. The van der Waals surface area contributed by atoms with Gasteiger partial charge in [0.1, 0.15) is 10.6 Å². The van der Waals surface area contributed by atoms with Crippen molar-refractivity contribution < 1.29 is 32.1 Å². The Morgan fingerprint density at radius 1 is 1.24 bits per heavy atom. The quantitative estimate of drug-likeness (QED) is 0.715. The average Bonchev–Trinajstić information content (AvgIpc) is 3.16. The predicted octanol–water partition coefficient (Wildman–Crippen LogP) is 4.49. The molecule has 0 bridgehead atoms. The van der Waals surface area contributed by atoms with Gasteiger partial charge in [-0.2, -0.15) is 13.2 Å². The van der Waals surface area contributed by atoms with E-state index in [9.17, 15) is 22.8 Å². The standard InChI is InChI=1S/C18H18F3N3O4S/c1-9(25)24(10(2)26)15-11(8-29-13-7-17(3,4)28-22-13)5-6-12-14(15)16(23-27-12)18(19,20)21/h5-6H,7-8H2,1-4H3. The Bertz CT molecular complexity index is 1000. The lowest BCUT2D eigenvalue weighted by Gasteiger charge is -2.22. The van der Waals surface area contributed by atoms with E-state index in [1.807, 2.05) is 13.8 Å². The SMILES string of the molecule is CC(=O)N(C(C)=O)c1c(CSC2=NOC(C)(C)C2)ccc2onc(C(F)(F)F)c12. The zero-order valence-electron chi connectivity index (χ0n) is 16.1. The van der Waals surface area contributed by atoms with Gasteiger partial charge in [0.25, 0.3) is 0 Å². The Hall–Kier alpha value is -2.56. The molecule has 156 valence electrons. The average molecular weight is 429 g/mol.